The van der Waals surface area contributed by atoms with Crippen molar-refractivity contribution in [3.05, 3.63) is 47.6 Å². The first-order chi connectivity index (χ1) is 30.7. The van der Waals surface area contributed by atoms with Crippen molar-refractivity contribution in [1.82, 2.24) is 4.90 Å². The van der Waals surface area contributed by atoms with Gasteiger partial charge >= 0.3 is 5.97 Å². The Balaban J connectivity index is 1.70. The summed E-state index contributed by atoms with van der Waals surface area (Å²) in [5.74, 6) is -7.07. The van der Waals surface area contributed by atoms with Crippen LogP contribution in [-0.4, -0.2) is 121 Å². The smallest absolute Gasteiger partial charge is 0.329 e. The first kappa shape index (κ1) is 54.3. The third kappa shape index (κ3) is 14.3. The summed E-state index contributed by atoms with van der Waals surface area (Å²) >= 11 is 0. The van der Waals surface area contributed by atoms with E-state index in [1.807, 2.05) is 58.1 Å². The highest BCUT2D eigenvalue weighted by atomic mass is 16.6. The average Bonchev–Trinajstić information content (AvgIpc) is 3.28. The zero-order valence-electron chi connectivity index (χ0n) is 41.2. The second kappa shape index (κ2) is 25.2. The number of Topliss-reactive ketones (excluding diaryl/α,β-unsaturated/α-hetero) is 3. The number of ketones is 3. The average molecular weight is 912 g/mol. The van der Waals surface area contributed by atoms with Crippen LogP contribution in [0.4, 0.5) is 0 Å². The number of rotatable bonds is 6. The van der Waals surface area contributed by atoms with Crippen LogP contribution in [0, 0.1) is 41.4 Å². The molecule has 0 radical (unpaired) electrons. The van der Waals surface area contributed by atoms with E-state index in [2.05, 4.69) is 6.92 Å². The molecule has 1 aliphatic carbocycles. The highest BCUT2D eigenvalue weighted by Gasteiger charge is 2.53. The van der Waals surface area contributed by atoms with Gasteiger partial charge in [0.25, 0.3) is 11.7 Å². The maximum absolute atomic E-state index is 14.4. The van der Waals surface area contributed by atoms with Crippen molar-refractivity contribution in [3.63, 3.8) is 0 Å². The molecule has 0 aromatic rings. The van der Waals surface area contributed by atoms with Crippen LogP contribution in [0.3, 0.4) is 0 Å². The van der Waals surface area contributed by atoms with E-state index in [-0.39, 0.29) is 54.8 Å². The van der Waals surface area contributed by atoms with E-state index in [4.69, 9.17) is 23.7 Å². The van der Waals surface area contributed by atoms with Crippen molar-refractivity contribution >= 4 is 29.2 Å². The lowest BCUT2D eigenvalue weighted by Gasteiger charge is -2.42. The van der Waals surface area contributed by atoms with E-state index in [0.29, 0.717) is 56.4 Å². The number of hydrogen-bond donors (Lipinski definition) is 2. The van der Waals surface area contributed by atoms with E-state index < -0.39 is 77.8 Å². The minimum atomic E-state index is -2.41. The van der Waals surface area contributed by atoms with E-state index in [9.17, 15) is 34.2 Å². The normalized spacial score (nSPS) is 40.4. The number of ether oxygens (including phenoxy) is 5. The molecule has 65 heavy (non-hydrogen) atoms. The van der Waals surface area contributed by atoms with E-state index >= 15 is 0 Å². The Morgan fingerprint density at radius 1 is 0.846 bits per heavy atom. The Morgan fingerprint density at radius 2 is 1.57 bits per heavy atom. The van der Waals surface area contributed by atoms with E-state index in [1.54, 1.807) is 41.1 Å². The number of cyclic esters (lactones) is 1. The van der Waals surface area contributed by atoms with Gasteiger partial charge in [-0.25, -0.2) is 4.79 Å². The molecule has 0 spiro atoms. The Hall–Kier alpha value is -3.33. The topological polar surface area (TPSA) is 175 Å². The Labute approximate surface area is 388 Å². The van der Waals surface area contributed by atoms with Crippen LogP contribution in [0.2, 0.25) is 0 Å². The molecule has 0 unspecified atom stereocenters. The van der Waals surface area contributed by atoms with Crippen molar-refractivity contribution in [1.29, 1.82) is 0 Å². The number of hydrogen-bond acceptors (Lipinski definition) is 12. The number of carbonyl (C=O) groups excluding carboxylic acids is 5. The number of amides is 1. The Bertz CT molecular complexity index is 1750. The summed E-state index contributed by atoms with van der Waals surface area (Å²) < 4.78 is 29.7. The summed E-state index contributed by atoms with van der Waals surface area (Å²) in [5, 5.41) is 23.4. The molecule has 2 N–H and O–H groups in total. The van der Waals surface area contributed by atoms with Gasteiger partial charge < -0.3 is 38.8 Å². The lowest BCUT2D eigenvalue weighted by atomic mass is 9.76. The number of methoxy groups -OCH3 is 3. The fourth-order valence-electron chi connectivity index (χ4n) is 10.4. The molecule has 13 heteroatoms. The van der Waals surface area contributed by atoms with Crippen LogP contribution in [0.25, 0.3) is 0 Å². The molecule has 2 bridgehead atoms. The van der Waals surface area contributed by atoms with Gasteiger partial charge in [0.15, 0.2) is 5.78 Å². The summed E-state index contributed by atoms with van der Waals surface area (Å²) in [4.78, 5) is 71.9. The van der Waals surface area contributed by atoms with Crippen LogP contribution in [0.1, 0.15) is 132 Å². The van der Waals surface area contributed by atoms with Gasteiger partial charge in [0.2, 0.25) is 5.79 Å². The number of aliphatic hydroxyl groups is 2. The van der Waals surface area contributed by atoms with Gasteiger partial charge in [0.05, 0.1) is 18.3 Å². The number of esters is 1. The monoisotopic (exact) mass is 912 g/mol. The number of aliphatic hydroxyl groups excluding tert-OH is 1. The van der Waals surface area contributed by atoms with Crippen molar-refractivity contribution in [3.8, 4) is 0 Å². The van der Waals surface area contributed by atoms with Crippen molar-refractivity contribution in [2.45, 2.75) is 181 Å². The summed E-state index contributed by atoms with van der Waals surface area (Å²) in [6, 6.07) is -1.11. The molecule has 0 aromatic heterocycles. The van der Waals surface area contributed by atoms with Gasteiger partial charge in [-0.05, 0) is 113 Å². The molecule has 366 valence electrons. The number of allylic oxidation sites excluding steroid dienone is 6. The van der Waals surface area contributed by atoms with Crippen molar-refractivity contribution < 1.29 is 57.9 Å². The summed E-state index contributed by atoms with van der Waals surface area (Å²) in [5.41, 5.74) is 1.30. The van der Waals surface area contributed by atoms with Gasteiger partial charge in [-0.2, -0.15) is 0 Å². The lowest BCUT2D eigenvalue weighted by Crippen LogP contribution is -2.61. The first-order valence-electron chi connectivity index (χ1n) is 24.2. The number of fused-ring (bicyclic) bond motifs is 3. The molecular weight excluding hydrogens is 831 g/mol. The quantitative estimate of drug-likeness (QED) is 0.153. The molecule has 3 fully saturated rings. The fourth-order valence-corrected chi connectivity index (χ4v) is 10.4. The van der Waals surface area contributed by atoms with Crippen molar-refractivity contribution in [2.75, 3.05) is 27.9 Å². The molecule has 2 saturated heterocycles. The molecule has 3 aliphatic heterocycles. The maximum atomic E-state index is 14.4. The second-order valence-corrected chi connectivity index (χ2v) is 20.0. The van der Waals surface area contributed by atoms with Gasteiger partial charge in [0, 0.05) is 58.5 Å². The second-order valence-electron chi connectivity index (χ2n) is 20.0. The standard InChI is InChI=1S/C52H81NO12/c1-31-17-13-12-14-18-32(2)44(62-10)29-40-23-21-38(8)52(60,65-40)49(57)50(58)53-24-16-15-19-41(53)51(59)64-45(35(5)27-39-22-20-33(3)43(28-39)61-9)30-42(54)34(4)26-37(7)47(56)48(63-11)46(55)36(6)25-31/h12-14,17-18,26,31,33-36,38-41,43-45,47-48,56,60H,15-16,19-25,27-30H2,1-11H3/b14-12+,17-13+,32-18+,37-26+/t31-,33+,34-,35-,36-,38-,39+,40+,41+,43-,44+,45+,47-,48+,52-/m1/s1. The number of carbonyl (C=O) groups is 5. The highest BCUT2D eigenvalue weighted by Crippen LogP contribution is 2.38. The summed E-state index contributed by atoms with van der Waals surface area (Å²) in [6.07, 6.45) is 13.6. The molecular formula is C52H81NO12. The fraction of sp³-hybridized carbons (Fsp3) is 0.750. The maximum Gasteiger partial charge on any atom is 0.329 e. The zero-order chi connectivity index (χ0) is 48.2. The molecule has 13 nitrogen and oxygen atoms in total. The van der Waals surface area contributed by atoms with Crippen molar-refractivity contribution in [2.24, 2.45) is 41.4 Å². The lowest BCUT2D eigenvalue weighted by molar-refractivity contribution is -0.265. The largest absolute Gasteiger partial charge is 0.460 e. The van der Waals surface area contributed by atoms with Crippen LogP contribution >= 0.6 is 0 Å². The van der Waals surface area contributed by atoms with Crippen LogP contribution in [0.15, 0.2) is 47.6 Å². The molecule has 4 rings (SSSR count). The van der Waals surface area contributed by atoms with Gasteiger partial charge in [0.1, 0.15) is 30.1 Å². The number of piperidine rings is 1. The van der Waals surface area contributed by atoms with Crippen LogP contribution < -0.4 is 0 Å². The van der Waals surface area contributed by atoms with Gasteiger partial charge in [-0.15, -0.1) is 0 Å². The Kier molecular flexibility index (Phi) is 21.0. The van der Waals surface area contributed by atoms with Crippen LogP contribution in [-0.2, 0) is 47.7 Å². The van der Waals surface area contributed by atoms with Crippen LogP contribution in [0.5, 0.6) is 0 Å². The summed E-state index contributed by atoms with van der Waals surface area (Å²) in [7, 11) is 4.70. The molecule has 15 atom stereocenters. The SMILES string of the molecule is CO[C@H]1C[C@@H]2CC[C@@H](C)[C@@](O)(O2)C(=O)C(=O)N2CCCC[C@H]2C(=O)O[C@H]([C@H](C)C[C@@H]2CC[C@H](C)[C@H](OC)C2)CC(=O)[C@H](C)/C=C(\C)[C@@H](O)[C@@H](OC)C(=O)[C@H](C)C[C@H](C)/C=C/C=C/C=C/1C. The Morgan fingerprint density at radius 3 is 2.25 bits per heavy atom. The van der Waals surface area contributed by atoms with Gasteiger partial charge in [-0.3, -0.25) is 19.2 Å². The summed E-state index contributed by atoms with van der Waals surface area (Å²) in [6.45, 7) is 15.1. The third-order valence-electron chi connectivity index (χ3n) is 14.8. The first-order valence-corrected chi connectivity index (χ1v) is 24.2. The van der Waals surface area contributed by atoms with E-state index in [0.717, 1.165) is 24.8 Å². The van der Waals surface area contributed by atoms with Gasteiger partial charge in [-0.1, -0.05) is 78.0 Å². The zero-order valence-corrected chi connectivity index (χ0v) is 41.2. The highest BCUT2D eigenvalue weighted by molar-refractivity contribution is 6.39. The molecule has 4 aliphatic rings. The minimum Gasteiger partial charge on any atom is -0.460 e. The molecule has 1 saturated carbocycles. The molecule has 3 heterocycles. The predicted octanol–water partition coefficient (Wildman–Crippen LogP) is 7.46. The number of nitrogens with zero attached hydrogens (tertiary/aromatic N) is 1. The molecule has 0 aromatic carbocycles. The van der Waals surface area contributed by atoms with E-state index in [1.165, 1.54) is 12.0 Å². The molecule has 1 amide bonds. The predicted molar refractivity (Wildman–Crippen MR) is 248 cm³/mol. The minimum absolute atomic E-state index is 0.0304. The third-order valence-corrected chi connectivity index (χ3v) is 14.8.